The molecule has 1 aromatic carbocycles. The van der Waals surface area contributed by atoms with Gasteiger partial charge in [0.25, 0.3) is 5.56 Å². The van der Waals surface area contributed by atoms with E-state index in [1.807, 2.05) is 0 Å². The van der Waals surface area contributed by atoms with Crippen LogP contribution in [0.5, 0.6) is 5.75 Å². The highest BCUT2D eigenvalue weighted by Crippen LogP contribution is 2.33. The van der Waals surface area contributed by atoms with Crippen molar-refractivity contribution in [3.05, 3.63) is 35.0 Å². The SMILES string of the molecule is [2H]C([2H])([2H])n1cnc2cc(-c3ncc(N(C)[C@H]4CC5CCC(N5)[C@H]4F)nn3)c(O)cc2c1=O. The molecule has 0 aliphatic carbocycles. The van der Waals surface area contributed by atoms with E-state index >= 15 is 0 Å². The number of hydrogen-bond donors (Lipinski definition) is 2. The van der Waals surface area contributed by atoms with Crippen molar-refractivity contribution in [3.63, 3.8) is 0 Å². The fourth-order valence-corrected chi connectivity index (χ4v) is 4.41. The summed E-state index contributed by atoms with van der Waals surface area (Å²) in [6.07, 6.45) is 3.83. The van der Waals surface area contributed by atoms with E-state index in [1.165, 1.54) is 12.3 Å². The Bertz CT molecular complexity index is 1270. The van der Waals surface area contributed by atoms with Gasteiger partial charge in [-0.15, -0.1) is 10.2 Å². The zero-order valence-corrected chi connectivity index (χ0v) is 16.2. The van der Waals surface area contributed by atoms with Gasteiger partial charge in [-0.1, -0.05) is 0 Å². The number of halogens is 1. The van der Waals surface area contributed by atoms with Gasteiger partial charge in [0.15, 0.2) is 11.6 Å². The van der Waals surface area contributed by atoms with Crippen LogP contribution in [0.3, 0.4) is 0 Å². The molecule has 2 saturated heterocycles. The Morgan fingerprint density at radius 3 is 2.97 bits per heavy atom. The number of nitrogens with one attached hydrogen (secondary N) is 1. The van der Waals surface area contributed by atoms with Crippen molar-refractivity contribution in [2.45, 2.75) is 43.6 Å². The van der Waals surface area contributed by atoms with Crippen molar-refractivity contribution in [3.8, 4) is 17.1 Å². The van der Waals surface area contributed by atoms with E-state index < -0.39 is 18.7 Å². The maximum absolute atomic E-state index is 14.9. The molecule has 2 aliphatic heterocycles. The second-order valence-electron chi connectivity index (χ2n) is 7.85. The van der Waals surface area contributed by atoms with Crippen molar-refractivity contribution >= 4 is 16.7 Å². The van der Waals surface area contributed by atoms with E-state index in [4.69, 9.17) is 4.11 Å². The Morgan fingerprint density at radius 2 is 2.20 bits per heavy atom. The minimum Gasteiger partial charge on any atom is -0.507 e. The van der Waals surface area contributed by atoms with Crippen molar-refractivity contribution in [2.24, 2.45) is 6.98 Å². The predicted octanol–water partition coefficient (Wildman–Crippen LogP) is 1.16. The average Bonchev–Trinajstić information content (AvgIpc) is 3.19. The molecule has 9 nitrogen and oxygen atoms in total. The third-order valence-corrected chi connectivity index (χ3v) is 6.08. The molecule has 0 amide bonds. The Morgan fingerprint density at radius 1 is 1.33 bits per heavy atom. The summed E-state index contributed by atoms with van der Waals surface area (Å²) in [5, 5.41) is 22.0. The van der Waals surface area contributed by atoms with E-state index in [0.29, 0.717) is 22.8 Å². The first-order chi connectivity index (χ1) is 15.6. The number of phenols is 1. The third-order valence-electron chi connectivity index (χ3n) is 6.08. The lowest BCUT2D eigenvalue weighted by atomic mass is 9.96. The van der Waals surface area contributed by atoms with Crippen molar-refractivity contribution in [2.75, 3.05) is 11.9 Å². The number of hydrogen-bond acceptors (Lipinski definition) is 8. The average molecular weight is 414 g/mol. The smallest absolute Gasteiger partial charge is 0.261 e. The fraction of sp³-hybridized carbons (Fsp3) is 0.450. The molecule has 3 aromatic rings. The molecule has 156 valence electrons. The number of nitrogens with zero attached hydrogens (tertiary/aromatic N) is 6. The highest BCUT2D eigenvalue weighted by atomic mass is 19.1. The van der Waals surface area contributed by atoms with Gasteiger partial charge >= 0.3 is 0 Å². The van der Waals surface area contributed by atoms with Gasteiger partial charge in [-0.3, -0.25) is 4.79 Å². The van der Waals surface area contributed by atoms with E-state index in [-0.39, 0.29) is 40.1 Å². The first kappa shape index (κ1) is 15.7. The van der Waals surface area contributed by atoms with Crippen molar-refractivity contribution in [1.82, 2.24) is 30.0 Å². The van der Waals surface area contributed by atoms with Crippen molar-refractivity contribution < 1.29 is 13.6 Å². The van der Waals surface area contributed by atoms with Crippen LogP contribution in [-0.2, 0) is 6.98 Å². The first-order valence-electron chi connectivity index (χ1n) is 11.2. The number of aromatic hydroxyl groups is 1. The minimum atomic E-state index is -2.69. The van der Waals surface area contributed by atoms with Gasteiger partial charge < -0.3 is 19.9 Å². The molecular formula is C20H22FN7O2. The number of piperidine rings is 1. The summed E-state index contributed by atoms with van der Waals surface area (Å²) in [4.78, 5) is 22.5. The zero-order valence-electron chi connectivity index (χ0n) is 19.2. The van der Waals surface area contributed by atoms with Gasteiger partial charge in [0.2, 0.25) is 0 Å². The second-order valence-corrected chi connectivity index (χ2v) is 7.85. The number of benzene rings is 1. The molecule has 0 saturated carbocycles. The second kappa shape index (κ2) is 6.98. The van der Waals surface area contributed by atoms with E-state index in [2.05, 4.69) is 25.5 Å². The lowest BCUT2D eigenvalue weighted by Crippen LogP contribution is -2.55. The molecule has 4 atom stereocenters. The van der Waals surface area contributed by atoms with Gasteiger partial charge in [-0.2, -0.15) is 0 Å². The van der Waals surface area contributed by atoms with Gasteiger partial charge in [0.05, 0.1) is 35.0 Å². The molecule has 2 bridgehead atoms. The standard InChI is InChI=1S/C20H22FN7O2/c1-27-9-23-14-6-12(16(29)7-11(14)20(27)30)19-22-8-17(25-26-19)28(2)15-5-10-3-4-13(24-10)18(15)21/h6-10,13,15,18,24,29H,3-5H2,1-2H3/t10?,13?,15-,18+/m0/s1/i1D3. The zero-order chi connectivity index (χ0) is 23.5. The van der Waals surface area contributed by atoms with Crippen LogP contribution in [0.4, 0.5) is 10.2 Å². The summed E-state index contributed by atoms with van der Waals surface area (Å²) in [5.74, 6) is 0.188. The summed E-state index contributed by atoms with van der Waals surface area (Å²) < 4.78 is 37.7. The van der Waals surface area contributed by atoms with Crippen LogP contribution < -0.4 is 15.8 Å². The van der Waals surface area contributed by atoms with E-state index in [1.54, 1.807) is 11.9 Å². The van der Waals surface area contributed by atoms with Crippen LogP contribution in [0.25, 0.3) is 22.3 Å². The molecule has 10 heteroatoms. The molecule has 2 N–H and O–H groups in total. The minimum absolute atomic E-state index is 0.0475. The van der Waals surface area contributed by atoms with Gasteiger partial charge in [-0.25, -0.2) is 14.4 Å². The number of aryl methyl sites for hydroxylation is 1. The Labute approximate surface area is 175 Å². The summed E-state index contributed by atoms with van der Waals surface area (Å²) in [6, 6.07) is 2.37. The summed E-state index contributed by atoms with van der Waals surface area (Å²) in [5.41, 5.74) is -0.427. The summed E-state index contributed by atoms with van der Waals surface area (Å²) >= 11 is 0. The lowest BCUT2D eigenvalue weighted by molar-refractivity contribution is 0.176. The van der Waals surface area contributed by atoms with Crippen molar-refractivity contribution in [1.29, 1.82) is 0 Å². The summed E-state index contributed by atoms with van der Waals surface area (Å²) in [7, 11) is 1.76. The number of phenolic OH excluding ortho intramolecular Hbond substituents is 1. The number of fused-ring (bicyclic) bond motifs is 3. The van der Waals surface area contributed by atoms with Gasteiger partial charge in [0, 0.05) is 30.2 Å². The normalized spacial score (nSPS) is 27.5. The Kier molecular flexibility index (Phi) is 3.64. The molecule has 2 aliphatic rings. The maximum Gasteiger partial charge on any atom is 0.261 e. The molecule has 2 fully saturated rings. The molecule has 0 spiro atoms. The molecule has 2 aromatic heterocycles. The highest BCUT2D eigenvalue weighted by molar-refractivity contribution is 5.85. The largest absolute Gasteiger partial charge is 0.507 e. The van der Waals surface area contributed by atoms with E-state index in [9.17, 15) is 14.3 Å². The molecular weight excluding hydrogens is 389 g/mol. The number of alkyl halides is 1. The molecule has 2 unspecified atom stereocenters. The number of aromatic nitrogens is 5. The third kappa shape index (κ3) is 2.98. The van der Waals surface area contributed by atoms with Crippen LogP contribution >= 0.6 is 0 Å². The Hall–Kier alpha value is -3.14. The van der Waals surface area contributed by atoms with Gasteiger partial charge in [-0.05, 0) is 31.4 Å². The lowest BCUT2D eigenvalue weighted by Gasteiger charge is -2.38. The monoisotopic (exact) mass is 414 g/mol. The predicted molar refractivity (Wildman–Crippen MR) is 109 cm³/mol. The fourth-order valence-electron chi connectivity index (χ4n) is 4.41. The topological polar surface area (TPSA) is 109 Å². The first-order valence-corrected chi connectivity index (χ1v) is 9.71. The van der Waals surface area contributed by atoms with Crippen LogP contribution in [0.15, 0.2) is 29.5 Å². The molecule has 30 heavy (non-hydrogen) atoms. The number of anilines is 1. The van der Waals surface area contributed by atoms with Crippen LogP contribution in [0.2, 0.25) is 0 Å². The number of rotatable bonds is 3. The highest BCUT2D eigenvalue weighted by Gasteiger charge is 2.43. The van der Waals surface area contributed by atoms with Crippen LogP contribution in [0.1, 0.15) is 23.4 Å². The maximum atomic E-state index is 14.9. The summed E-state index contributed by atoms with van der Waals surface area (Å²) in [6.45, 7) is -2.69. The van der Waals surface area contributed by atoms with Crippen LogP contribution in [0, 0.1) is 0 Å². The molecule has 0 radical (unpaired) electrons. The van der Waals surface area contributed by atoms with Gasteiger partial charge in [0.1, 0.15) is 11.9 Å². The Balaban J connectivity index is 1.45. The molecule has 5 rings (SSSR count). The molecule has 4 heterocycles. The quantitative estimate of drug-likeness (QED) is 0.657. The van der Waals surface area contributed by atoms with E-state index in [0.717, 1.165) is 25.2 Å². The van der Waals surface area contributed by atoms with Crippen LogP contribution in [-0.4, -0.2) is 61.2 Å².